The van der Waals surface area contributed by atoms with E-state index < -0.39 is 12.0 Å². The maximum absolute atomic E-state index is 13.6. The molecule has 30 heavy (non-hydrogen) atoms. The number of aromatic nitrogens is 4. The molecule has 0 unspecified atom stereocenters. The molecule has 0 saturated carbocycles. The molecule has 0 saturated heterocycles. The number of allylic oxidation sites excluding steroid dienone is 1. The Morgan fingerprint density at radius 1 is 1.13 bits per heavy atom. The Labute approximate surface area is 179 Å². The Balaban J connectivity index is 1.93. The quantitative estimate of drug-likeness (QED) is 0.448. The molecule has 0 aliphatic carbocycles. The van der Waals surface area contributed by atoms with E-state index in [0.29, 0.717) is 11.3 Å². The number of carbonyl (C=O) groups excluding carboxylic acids is 2. The molecule has 4 rings (SSSR count). The topological polar surface area (TPSA) is 108 Å². The number of hydrogen-bond acceptors (Lipinski definition) is 8. The largest absolute Gasteiger partial charge is 0.497 e. The summed E-state index contributed by atoms with van der Waals surface area (Å²) in [5, 5.41) is 14.5. The van der Waals surface area contributed by atoms with Crippen molar-refractivity contribution in [2.45, 2.75) is 6.04 Å². The second kappa shape index (κ2) is 8.07. The summed E-state index contributed by atoms with van der Waals surface area (Å²) in [7, 11) is 2.79. The first-order valence-electron chi connectivity index (χ1n) is 8.85. The number of tetrazole rings is 1. The molecule has 3 aromatic rings. The van der Waals surface area contributed by atoms with Crippen molar-refractivity contribution >= 4 is 33.6 Å². The fourth-order valence-electron chi connectivity index (χ4n) is 3.27. The number of halogens is 1. The first-order valence-corrected chi connectivity index (χ1v) is 9.64. The zero-order valence-corrected chi connectivity index (χ0v) is 17.6. The number of fused-ring (bicyclic) bond motifs is 1. The van der Waals surface area contributed by atoms with Gasteiger partial charge in [0.05, 0.1) is 19.8 Å². The van der Waals surface area contributed by atoms with E-state index in [-0.39, 0.29) is 23.0 Å². The average Bonchev–Trinajstić information content (AvgIpc) is 3.25. The highest BCUT2D eigenvalue weighted by molar-refractivity contribution is 9.10. The first kappa shape index (κ1) is 19.8. The number of nitrogens with zero attached hydrogens (tertiary/aromatic N) is 4. The van der Waals surface area contributed by atoms with Gasteiger partial charge in [-0.1, -0.05) is 33.2 Å². The predicted molar refractivity (Wildman–Crippen MR) is 110 cm³/mol. The normalized spacial score (nSPS) is 15.2. The molecule has 0 fully saturated rings. The Kier molecular flexibility index (Phi) is 5.32. The highest BCUT2D eigenvalue weighted by Gasteiger charge is 2.38. The number of Topliss-reactive ketones (excluding diaryl/α,β-unsaturated/α-hetero) is 1. The maximum atomic E-state index is 13.6. The summed E-state index contributed by atoms with van der Waals surface area (Å²) >= 11 is 3.45. The molecular formula is C20H16BrN5O4. The number of ether oxygens (including phenoxy) is 2. The van der Waals surface area contributed by atoms with Gasteiger partial charge in [0, 0.05) is 10.0 Å². The number of carbonyl (C=O) groups is 2. The Morgan fingerprint density at radius 3 is 2.57 bits per heavy atom. The molecule has 152 valence electrons. The lowest BCUT2D eigenvalue weighted by Crippen LogP contribution is -2.32. The van der Waals surface area contributed by atoms with Gasteiger partial charge >= 0.3 is 5.97 Å². The number of anilines is 1. The van der Waals surface area contributed by atoms with E-state index >= 15 is 0 Å². The third-order valence-electron chi connectivity index (χ3n) is 4.67. The van der Waals surface area contributed by atoms with Gasteiger partial charge in [0.15, 0.2) is 5.78 Å². The lowest BCUT2D eigenvalue weighted by atomic mass is 9.89. The fourth-order valence-corrected chi connectivity index (χ4v) is 3.69. The lowest BCUT2D eigenvalue weighted by molar-refractivity contribution is -0.136. The molecule has 1 aliphatic heterocycles. The monoisotopic (exact) mass is 469 g/mol. The highest BCUT2D eigenvalue weighted by Crippen LogP contribution is 2.37. The molecule has 10 heteroatoms. The summed E-state index contributed by atoms with van der Waals surface area (Å²) in [5.41, 5.74) is 1.26. The van der Waals surface area contributed by atoms with E-state index in [9.17, 15) is 9.59 Å². The molecule has 2 heterocycles. The van der Waals surface area contributed by atoms with Crippen molar-refractivity contribution in [3.05, 3.63) is 75.4 Å². The standard InChI is InChI=1S/C20H16BrN5O4/c1-29-14-8-6-11(7-9-14)18(27)15-16(19(28)30-2)22-20-23-24-25-26(20)17(15)12-4-3-5-13(21)10-12/h3-10,17H,1-2H3,(H,22,23,25)/t17-/m0/s1. The molecule has 0 bridgehead atoms. The molecule has 0 radical (unpaired) electrons. The first-order chi connectivity index (χ1) is 14.5. The van der Waals surface area contributed by atoms with Gasteiger partial charge in [-0.05, 0) is 52.4 Å². The minimum Gasteiger partial charge on any atom is -0.497 e. The summed E-state index contributed by atoms with van der Waals surface area (Å²) in [6.45, 7) is 0. The second-order valence-corrected chi connectivity index (χ2v) is 7.28. The van der Waals surface area contributed by atoms with Crippen LogP contribution in [0.5, 0.6) is 5.75 Å². The van der Waals surface area contributed by atoms with E-state index in [1.165, 1.54) is 11.8 Å². The number of methoxy groups -OCH3 is 2. The summed E-state index contributed by atoms with van der Waals surface area (Å²) in [5.74, 6) is -0.216. The van der Waals surface area contributed by atoms with Gasteiger partial charge in [0.2, 0.25) is 5.95 Å². The molecule has 0 spiro atoms. The number of ketones is 1. The van der Waals surface area contributed by atoms with E-state index in [4.69, 9.17) is 9.47 Å². The van der Waals surface area contributed by atoms with Crippen LogP contribution in [0.3, 0.4) is 0 Å². The predicted octanol–water partition coefficient (Wildman–Crippen LogP) is 2.77. The van der Waals surface area contributed by atoms with Gasteiger partial charge in [0.25, 0.3) is 0 Å². The number of esters is 1. The molecule has 9 nitrogen and oxygen atoms in total. The van der Waals surface area contributed by atoms with Gasteiger partial charge < -0.3 is 14.8 Å². The van der Waals surface area contributed by atoms with Gasteiger partial charge in [0.1, 0.15) is 17.5 Å². The van der Waals surface area contributed by atoms with Crippen molar-refractivity contribution in [3.63, 3.8) is 0 Å². The second-order valence-electron chi connectivity index (χ2n) is 6.37. The molecule has 1 atom stereocenters. The van der Waals surface area contributed by atoms with Crippen molar-refractivity contribution in [2.24, 2.45) is 0 Å². The van der Waals surface area contributed by atoms with Crippen molar-refractivity contribution < 1.29 is 19.1 Å². The summed E-state index contributed by atoms with van der Waals surface area (Å²) in [6.07, 6.45) is 0. The fraction of sp³-hybridized carbons (Fsp3) is 0.150. The average molecular weight is 470 g/mol. The van der Waals surface area contributed by atoms with Crippen molar-refractivity contribution in [1.29, 1.82) is 0 Å². The van der Waals surface area contributed by atoms with E-state index in [1.807, 2.05) is 24.3 Å². The minimum atomic E-state index is -0.738. The third kappa shape index (κ3) is 3.45. The number of hydrogen-bond donors (Lipinski definition) is 1. The Morgan fingerprint density at radius 2 is 1.90 bits per heavy atom. The number of benzene rings is 2. The van der Waals surface area contributed by atoms with Crippen molar-refractivity contribution in [1.82, 2.24) is 20.2 Å². The van der Waals surface area contributed by atoms with Crippen molar-refractivity contribution in [2.75, 3.05) is 19.5 Å². The SMILES string of the molecule is COC(=O)C1=C(C(=O)c2ccc(OC)cc2)[C@H](c2cccc(Br)c2)n2nnnc2N1. The van der Waals surface area contributed by atoms with Crippen molar-refractivity contribution in [3.8, 4) is 5.75 Å². The van der Waals surface area contributed by atoms with Crippen LogP contribution in [0.4, 0.5) is 5.95 Å². The van der Waals surface area contributed by atoms with Crippen LogP contribution in [0.25, 0.3) is 0 Å². The maximum Gasteiger partial charge on any atom is 0.355 e. The van der Waals surface area contributed by atoms with Crippen LogP contribution in [0.1, 0.15) is 22.0 Å². The summed E-state index contributed by atoms with van der Waals surface area (Å²) in [6, 6.07) is 13.3. The van der Waals surface area contributed by atoms with Crippen LogP contribution in [-0.2, 0) is 9.53 Å². The molecule has 2 aromatic carbocycles. The molecule has 1 N–H and O–H groups in total. The van der Waals surface area contributed by atoms with Crippen LogP contribution in [0.15, 0.2) is 64.3 Å². The van der Waals surface area contributed by atoms with Crippen LogP contribution in [0.2, 0.25) is 0 Å². The minimum absolute atomic E-state index is 0.00871. The number of nitrogens with one attached hydrogen (secondary N) is 1. The van der Waals surface area contributed by atoms with E-state index in [0.717, 1.165) is 10.0 Å². The van der Waals surface area contributed by atoms with Gasteiger partial charge in [-0.3, -0.25) is 4.79 Å². The van der Waals surface area contributed by atoms with Crippen LogP contribution >= 0.6 is 15.9 Å². The van der Waals surface area contributed by atoms with Gasteiger partial charge in [-0.2, -0.15) is 4.68 Å². The zero-order valence-electron chi connectivity index (χ0n) is 16.0. The Bertz CT molecular complexity index is 1160. The zero-order chi connectivity index (χ0) is 21.3. The summed E-state index contributed by atoms with van der Waals surface area (Å²) < 4.78 is 12.4. The van der Waals surface area contributed by atoms with Crippen LogP contribution in [0, 0.1) is 0 Å². The lowest BCUT2D eigenvalue weighted by Gasteiger charge is -2.28. The molecule has 1 aromatic heterocycles. The molecule has 0 amide bonds. The third-order valence-corrected chi connectivity index (χ3v) is 5.16. The van der Waals surface area contributed by atoms with Gasteiger partial charge in [-0.15, -0.1) is 0 Å². The van der Waals surface area contributed by atoms with Crippen LogP contribution < -0.4 is 10.1 Å². The highest BCUT2D eigenvalue weighted by atomic mass is 79.9. The van der Waals surface area contributed by atoms with Gasteiger partial charge in [-0.25, -0.2) is 4.79 Å². The van der Waals surface area contributed by atoms with Crippen LogP contribution in [-0.4, -0.2) is 46.2 Å². The Hall–Kier alpha value is -3.53. The summed E-state index contributed by atoms with van der Waals surface area (Å²) in [4.78, 5) is 26.2. The molecular weight excluding hydrogens is 454 g/mol. The smallest absolute Gasteiger partial charge is 0.355 e. The van der Waals surface area contributed by atoms with E-state index in [2.05, 4.69) is 36.8 Å². The van der Waals surface area contributed by atoms with E-state index in [1.54, 1.807) is 31.4 Å². The molecule has 1 aliphatic rings. The number of rotatable bonds is 5.